The molecule has 1 aromatic carbocycles. The van der Waals surface area contributed by atoms with E-state index in [1.54, 1.807) is 24.3 Å². The van der Waals surface area contributed by atoms with E-state index in [2.05, 4.69) is 4.98 Å². The van der Waals surface area contributed by atoms with Crippen molar-refractivity contribution >= 4 is 17.4 Å². The van der Waals surface area contributed by atoms with Crippen molar-refractivity contribution in [2.45, 2.75) is 57.1 Å². The van der Waals surface area contributed by atoms with Gasteiger partial charge in [-0.15, -0.1) is 0 Å². The smallest absolute Gasteiger partial charge is 0.306 e. The van der Waals surface area contributed by atoms with Crippen molar-refractivity contribution in [3.63, 3.8) is 0 Å². The van der Waals surface area contributed by atoms with Gasteiger partial charge >= 0.3 is 5.97 Å². The number of ketones is 1. The minimum atomic E-state index is -1.01. The average Bonchev–Trinajstić information content (AvgIpc) is 3.40. The predicted octanol–water partition coefficient (Wildman–Crippen LogP) is 2.73. The molecule has 1 aliphatic carbocycles. The summed E-state index contributed by atoms with van der Waals surface area (Å²) in [6, 6.07) is 5.93. The highest BCUT2D eigenvalue weighted by Gasteiger charge is 2.45. The average molecular weight is 440 g/mol. The summed E-state index contributed by atoms with van der Waals surface area (Å²) in [4.78, 5) is 29.4. The van der Waals surface area contributed by atoms with Gasteiger partial charge in [0, 0.05) is 18.5 Å². The zero-order valence-corrected chi connectivity index (χ0v) is 18.3. The van der Waals surface area contributed by atoms with Crippen molar-refractivity contribution in [2.75, 3.05) is 13.7 Å². The molecule has 0 amide bonds. The van der Waals surface area contributed by atoms with Gasteiger partial charge in [-0.25, -0.2) is 0 Å². The number of aromatic nitrogens is 1. The Kier molecular flexibility index (Phi) is 6.72. The van der Waals surface area contributed by atoms with Crippen LogP contribution in [0.15, 0.2) is 36.7 Å². The molecule has 4 rings (SSSR count). The van der Waals surface area contributed by atoms with Crippen molar-refractivity contribution in [3.05, 3.63) is 53.0 Å². The van der Waals surface area contributed by atoms with Crippen LogP contribution in [0.25, 0.3) is 0 Å². The van der Waals surface area contributed by atoms with E-state index in [4.69, 9.17) is 14.2 Å². The Morgan fingerprint density at radius 1 is 1.25 bits per heavy atom. The van der Waals surface area contributed by atoms with Gasteiger partial charge in [-0.1, -0.05) is 6.07 Å². The highest BCUT2D eigenvalue weighted by molar-refractivity contribution is 6.05. The molecule has 1 aromatic heterocycles. The summed E-state index contributed by atoms with van der Waals surface area (Å²) in [7, 11) is 1.29. The molecule has 1 N–H and O–H groups in total. The quantitative estimate of drug-likeness (QED) is 0.497. The molecule has 0 saturated heterocycles. The Morgan fingerprint density at radius 3 is 2.72 bits per heavy atom. The molecular formula is C24H28N2O6. The lowest BCUT2D eigenvalue weighted by Crippen LogP contribution is -3.06. The molecule has 3 unspecified atom stereocenters. The molecule has 0 bridgehead atoms. The summed E-state index contributed by atoms with van der Waals surface area (Å²) < 4.78 is 16.9. The number of fused-ring (bicyclic) bond motifs is 1. The molecule has 2 aliphatic rings. The minimum absolute atomic E-state index is 0.100. The van der Waals surface area contributed by atoms with Crippen LogP contribution in [-0.4, -0.2) is 42.6 Å². The van der Waals surface area contributed by atoms with E-state index in [1.807, 2.05) is 6.92 Å². The molecule has 0 radical (unpaired) electrons. The van der Waals surface area contributed by atoms with Gasteiger partial charge in [0.15, 0.2) is 17.5 Å². The summed E-state index contributed by atoms with van der Waals surface area (Å²) in [5.41, 5.74) is 1.31. The van der Waals surface area contributed by atoms with Crippen LogP contribution in [0.5, 0.6) is 11.5 Å². The molecule has 2 aromatic rings. The summed E-state index contributed by atoms with van der Waals surface area (Å²) in [5.74, 6) is -0.313. The number of pyridine rings is 1. The molecule has 170 valence electrons. The van der Waals surface area contributed by atoms with Gasteiger partial charge in [0.25, 0.3) is 0 Å². The Balaban J connectivity index is 1.72. The highest BCUT2D eigenvalue weighted by Crippen LogP contribution is 2.37. The summed E-state index contributed by atoms with van der Waals surface area (Å²) in [6.45, 7) is 2.38. The lowest BCUT2D eigenvalue weighted by molar-refractivity contribution is -0.792. The van der Waals surface area contributed by atoms with Gasteiger partial charge in [-0.05, 0) is 50.3 Å². The van der Waals surface area contributed by atoms with Crippen LogP contribution in [-0.2, 0) is 9.53 Å². The first-order valence-corrected chi connectivity index (χ1v) is 11.1. The first-order chi connectivity index (χ1) is 15.5. The van der Waals surface area contributed by atoms with Crippen molar-refractivity contribution in [1.29, 1.82) is 0 Å². The van der Waals surface area contributed by atoms with Crippen molar-refractivity contribution in [2.24, 2.45) is 0 Å². The van der Waals surface area contributed by atoms with Crippen LogP contribution in [0, 0.1) is 5.21 Å². The number of methoxy groups -OCH3 is 1. The van der Waals surface area contributed by atoms with Crippen molar-refractivity contribution in [1.82, 2.24) is 4.98 Å². The topological polar surface area (TPSA) is 102 Å². The molecule has 1 saturated carbocycles. The van der Waals surface area contributed by atoms with Crippen LogP contribution in [0.1, 0.15) is 60.9 Å². The van der Waals surface area contributed by atoms with Crippen LogP contribution in [0.2, 0.25) is 0 Å². The van der Waals surface area contributed by atoms with E-state index < -0.39 is 17.9 Å². The van der Waals surface area contributed by atoms with Gasteiger partial charge in [-0.2, -0.15) is 0 Å². The summed E-state index contributed by atoms with van der Waals surface area (Å²) in [6.07, 6.45) is 7.11. The SMILES string of the molecule is CCOc1ccc(C(CC(=O)OC)C2C(=O)c3cnccc3[NH+]2[O-])cc1OC1CCCC1. The highest BCUT2D eigenvalue weighted by atomic mass is 16.5. The van der Waals surface area contributed by atoms with Crippen LogP contribution < -0.4 is 14.5 Å². The van der Waals surface area contributed by atoms with Gasteiger partial charge in [0.1, 0.15) is 11.3 Å². The van der Waals surface area contributed by atoms with Gasteiger partial charge < -0.3 is 24.5 Å². The molecule has 8 heteroatoms. The number of rotatable bonds is 8. The number of nitrogens with one attached hydrogen (secondary N) is 1. The number of benzene rings is 1. The van der Waals surface area contributed by atoms with Crippen LogP contribution in [0.3, 0.4) is 0 Å². The summed E-state index contributed by atoms with van der Waals surface area (Å²) in [5, 5.41) is 12.9. The maximum absolute atomic E-state index is 13.2. The normalized spacial score (nSPS) is 21.3. The lowest BCUT2D eigenvalue weighted by atomic mass is 9.86. The second-order valence-corrected chi connectivity index (χ2v) is 8.18. The monoisotopic (exact) mass is 440 g/mol. The fourth-order valence-electron chi connectivity index (χ4n) is 4.62. The van der Waals surface area contributed by atoms with Crippen LogP contribution in [0.4, 0.5) is 5.69 Å². The maximum Gasteiger partial charge on any atom is 0.306 e. The number of carbonyl (C=O) groups is 2. The molecular weight excluding hydrogens is 412 g/mol. The van der Waals surface area contributed by atoms with Gasteiger partial charge in [0.05, 0.1) is 32.2 Å². The first kappa shape index (κ1) is 22.2. The third-order valence-electron chi connectivity index (χ3n) is 6.23. The van der Waals surface area contributed by atoms with E-state index in [-0.39, 0.29) is 23.4 Å². The molecule has 2 heterocycles. The first-order valence-electron chi connectivity index (χ1n) is 11.1. The molecule has 1 aliphatic heterocycles. The number of Topliss-reactive ketones (excluding diaryl/α,β-unsaturated/α-hetero) is 1. The van der Waals surface area contributed by atoms with E-state index in [1.165, 1.54) is 19.5 Å². The van der Waals surface area contributed by atoms with E-state index in [9.17, 15) is 14.8 Å². The lowest BCUT2D eigenvalue weighted by Gasteiger charge is -2.30. The predicted molar refractivity (Wildman–Crippen MR) is 116 cm³/mol. The van der Waals surface area contributed by atoms with Gasteiger partial charge in [0.2, 0.25) is 5.78 Å². The van der Waals surface area contributed by atoms with E-state index in [0.717, 1.165) is 25.7 Å². The van der Waals surface area contributed by atoms with E-state index in [0.29, 0.717) is 34.9 Å². The van der Waals surface area contributed by atoms with Crippen molar-refractivity contribution < 1.29 is 28.9 Å². The Hall–Kier alpha value is -2.97. The Bertz CT molecular complexity index is 988. The fraction of sp³-hybridized carbons (Fsp3) is 0.458. The van der Waals surface area contributed by atoms with E-state index >= 15 is 0 Å². The third-order valence-corrected chi connectivity index (χ3v) is 6.23. The van der Waals surface area contributed by atoms with Gasteiger partial charge in [-0.3, -0.25) is 14.6 Å². The molecule has 8 nitrogen and oxygen atoms in total. The molecule has 1 fully saturated rings. The standard InChI is InChI=1S/C24H28N2O6/c1-3-31-20-9-8-15(12-21(20)32-16-6-4-5-7-16)17(13-22(27)30-2)23-24(28)18-14-25-11-10-19(18)26(23)29/h8-12,14,16-17,23,26H,3-7,13H2,1-2H3. The second kappa shape index (κ2) is 9.67. The largest absolute Gasteiger partial charge is 0.628 e. The number of carbonyl (C=O) groups excluding carboxylic acids is 2. The van der Waals surface area contributed by atoms with Crippen LogP contribution >= 0.6 is 0 Å². The third kappa shape index (κ3) is 4.33. The second-order valence-electron chi connectivity index (χ2n) is 8.18. The maximum atomic E-state index is 13.2. The molecule has 32 heavy (non-hydrogen) atoms. The number of hydrogen-bond acceptors (Lipinski definition) is 7. The summed E-state index contributed by atoms with van der Waals surface area (Å²) >= 11 is 0. The zero-order chi connectivity index (χ0) is 22.7. The number of hydrogen-bond donors (Lipinski definition) is 1. The molecule has 3 atom stereocenters. The number of quaternary nitrogens is 1. The zero-order valence-electron chi connectivity index (χ0n) is 18.3. The molecule has 0 spiro atoms. The number of hydroxylamine groups is 1. The Morgan fingerprint density at radius 2 is 2.03 bits per heavy atom. The van der Waals surface area contributed by atoms with Crippen molar-refractivity contribution in [3.8, 4) is 11.5 Å². The number of nitrogens with zero attached hydrogens (tertiary/aromatic N) is 1. The number of esters is 1. The Labute approximate surface area is 187 Å². The minimum Gasteiger partial charge on any atom is -0.628 e. The fourth-order valence-corrected chi connectivity index (χ4v) is 4.62. The number of ether oxygens (including phenoxy) is 3.